The molecule has 0 aromatic heterocycles. The molecule has 35 heavy (non-hydrogen) atoms. The first-order chi connectivity index (χ1) is 16.9. The van der Waals surface area contributed by atoms with Crippen molar-refractivity contribution in [1.82, 2.24) is 0 Å². The van der Waals surface area contributed by atoms with E-state index in [1.807, 2.05) is 19.1 Å². The zero-order valence-corrected chi connectivity index (χ0v) is 21.9. The molecule has 4 heteroatoms. The predicted molar refractivity (Wildman–Crippen MR) is 145 cm³/mol. The van der Waals surface area contributed by atoms with Gasteiger partial charge in [0.25, 0.3) is 0 Å². The highest BCUT2D eigenvalue weighted by Gasteiger charge is 2.57. The van der Waals surface area contributed by atoms with E-state index in [9.17, 15) is 9.90 Å². The largest absolute Gasteiger partial charge is 0.508 e. The molecule has 0 aliphatic heterocycles. The number of ketones is 1. The summed E-state index contributed by atoms with van der Waals surface area (Å²) in [6.07, 6.45) is 9.13. The van der Waals surface area contributed by atoms with Gasteiger partial charge >= 0.3 is 0 Å². The molecule has 1 N–H and O–H groups in total. The number of Topliss-reactive ketones (excluding diaryl/α,β-unsaturated/α-hetero) is 1. The average molecular weight is 491 g/mol. The van der Waals surface area contributed by atoms with Crippen molar-refractivity contribution < 1.29 is 14.6 Å². The van der Waals surface area contributed by atoms with Crippen LogP contribution in [0.15, 0.2) is 42.5 Å². The maximum absolute atomic E-state index is 13.1. The molecule has 5 atom stereocenters. The van der Waals surface area contributed by atoms with Crippen LogP contribution in [-0.2, 0) is 11.2 Å². The molecular formula is C31H38O3S. The lowest BCUT2D eigenvalue weighted by atomic mass is 9.51. The molecule has 2 saturated carbocycles. The van der Waals surface area contributed by atoms with Crippen LogP contribution in [0.1, 0.15) is 93.7 Å². The molecule has 0 unspecified atom stereocenters. The summed E-state index contributed by atoms with van der Waals surface area (Å²) in [5.74, 6) is 3.44. The second-order valence-electron chi connectivity index (χ2n) is 11.3. The van der Waals surface area contributed by atoms with E-state index in [0.29, 0.717) is 35.2 Å². The van der Waals surface area contributed by atoms with E-state index in [1.165, 1.54) is 16.7 Å². The summed E-state index contributed by atoms with van der Waals surface area (Å²) in [7, 11) is 0. The highest BCUT2D eigenvalue weighted by molar-refractivity contribution is 7.80. The molecule has 3 nitrogen and oxygen atoms in total. The van der Waals surface area contributed by atoms with Crippen LogP contribution in [0, 0.1) is 17.3 Å². The highest BCUT2D eigenvalue weighted by atomic mass is 32.1. The SMILES string of the molecule is CC(=S)CCCCCOc1ccc([C@H]2C[C@]3(C)C(=O)CC[C@H]3[C@@H]3CCc4cc(O)ccc4[C@H]32)cc1. The maximum Gasteiger partial charge on any atom is 0.139 e. The van der Waals surface area contributed by atoms with Crippen molar-refractivity contribution >= 4 is 22.9 Å². The first kappa shape index (κ1) is 24.5. The van der Waals surface area contributed by atoms with Crippen LogP contribution in [0.3, 0.4) is 0 Å². The van der Waals surface area contributed by atoms with Crippen LogP contribution >= 0.6 is 12.2 Å². The zero-order chi connectivity index (χ0) is 24.6. The van der Waals surface area contributed by atoms with Gasteiger partial charge in [0.1, 0.15) is 17.3 Å². The normalized spacial score (nSPS) is 29.3. The summed E-state index contributed by atoms with van der Waals surface area (Å²) in [4.78, 5) is 14.2. The average Bonchev–Trinajstić information content (AvgIpc) is 3.14. The molecule has 3 aliphatic rings. The quantitative estimate of drug-likeness (QED) is 0.307. The van der Waals surface area contributed by atoms with Gasteiger partial charge in [-0.15, -0.1) is 0 Å². The first-order valence-electron chi connectivity index (χ1n) is 13.4. The van der Waals surface area contributed by atoms with E-state index in [2.05, 4.69) is 37.3 Å². The zero-order valence-electron chi connectivity index (χ0n) is 21.1. The third-order valence-electron chi connectivity index (χ3n) is 9.18. The molecular weight excluding hydrogens is 452 g/mol. The number of hydrogen-bond donors (Lipinski definition) is 1. The van der Waals surface area contributed by atoms with Crippen molar-refractivity contribution in [3.8, 4) is 11.5 Å². The van der Waals surface area contributed by atoms with Crippen LogP contribution in [0.25, 0.3) is 0 Å². The van der Waals surface area contributed by atoms with Gasteiger partial charge in [-0.05, 0) is 128 Å². The molecule has 0 radical (unpaired) electrons. The fourth-order valence-electron chi connectivity index (χ4n) is 7.45. The Morgan fingerprint density at radius 2 is 1.89 bits per heavy atom. The summed E-state index contributed by atoms with van der Waals surface area (Å²) in [5.41, 5.74) is 3.77. The number of aryl methyl sites for hydroxylation is 1. The molecule has 186 valence electrons. The first-order valence-corrected chi connectivity index (χ1v) is 13.8. The molecule has 3 aliphatic carbocycles. The molecule has 2 fully saturated rings. The van der Waals surface area contributed by atoms with Gasteiger partial charge in [0.2, 0.25) is 0 Å². The van der Waals surface area contributed by atoms with Crippen molar-refractivity contribution in [2.24, 2.45) is 17.3 Å². The fourth-order valence-corrected chi connectivity index (χ4v) is 7.59. The number of ether oxygens (including phenoxy) is 1. The lowest BCUT2D eigenvalue weighted by Crippen LogP contribution is -2.45. The van der Waals surface area contributed by atoms with Crippen LogP contribution < -0.4 is 4.74 Å². The number of rotatable bonds is 8. The van der Waals surface area contributed by atoms with Gasteiger partial charge in [-0.1, -0.05) is 37.3 Å². The molecule has 0 spiro atoms. The van der Waals surface area contributed by atoms with Gasteiger partial charge in [0.05, 0.1) is 6.61 Å². The van der Waals surface area contributed by atoms with Gasteiger partial charge in [-0.3, -0.25) is 4.79 Å². The van der Waals surface area contributed by atoms with Crippen molar-refractivity contribution in [3.63, 3.8) is 0 Å². The second-order valence-corrected chi connectivity index (χ2v) is 12.0. The number of benzene rings is 2. The van der Waals surface area contributed by atoms with E-state index in [4.69, 9.17) is 17.0 Å². The Morgan fingerprint density at radius 1 is 1.09 bits per heavy atom. The number of thiocarbonyl (C=S) groups is 1. The molecule has 2 aromatic rings. The summed E-state index contributed by atoms with van der Waals surface area (Å²) in [6.45, 7) is 4.99. The topological polar surface area (TPSA) is 46.5 Å². The fraction of sp³-hybridized carbons (Fsp3) is 0.548. The van der Waals surface area contributed by atoms with Gasteiger partial charge in [0, 0.05) is 11.8 Å². The Balaban J connectivity index is 1.36. The molecule has 0 heterocycles. The number of carbonyl (C=O) groups excluding carboxylic acids is 1. The number of phenols is 1. The Bertz CT molecular complexity index is 1090. The van der Waals surface area contributed by atoms with E-state index in [1.54, 1.807) is 0 Å². The van der Waals surface area contributed by atoms with Crippen LogP contribution in [-0.4, -0.2) is 22.4 Å². The lowest BCUT2D eigenvalue weighted by molar-refractivity contribution is -0.130. The monoisotopic (exact) mass is 490 g/mol. The van der Waals surface area contributed by atoms with Crippen LogP contribution in [0.4, 0.5) is 0 Å². The van der Waals surface area contributed by atoms with Gasteiger partial charge < -0.3 is 9.84 Å². The Kier molecular flexibility index (Phi) is 7.03. The minimum Gasteiger partial charge on any atom is -0.508 e. The molecule has 0 bridgehead atoms. The van der Waals surface area contributed by atoms with Crippen molar-refractivity contribution in [2.75, 3.05) is 6.61 Å². The van der Waals surface area contributed by atoms with E-state index >= 15 is 0 Å². The summed E-state index contributed by atoms with van der Waals surface area (Å²) in [5, 5.41) is 10.1. The molecule has 0 saturated heterocycles. The third-order valence-corrected chi connectivity index (χ3v) is 9.38. The minimum atomic E-state index is -0.212. The second kappa shape index (κ2) is 10.0. The summed E-state index contributed by atoms with van der Waals surface area (Å²) in [6, 6.07) is 14.6. The number of carbonyl (C=O) groups is 1. The Labute approximate surface area is 215 Å². The highest BCUT2D eigenvalue weighted by Crippen LogP contribution is 2.64. The minimum absolute atomic E-state index is 0.212. The summed E-state index contributed by atoms with van der Waals surface area (Å²) < 4.78 is 6.02. The third kappa shape index (κ3) is 4.79. The van der Waals surface area contributed by atoms with Crippen LogP contribution in [0.2, 0.25) is 0 Å². The predicted octanol–water partition coefficient (Wildman–Crippen LogP) is 7.54. The number of phenolic OH excluding ortho intramolecular Hbond substituents is 1. The number of hydrogen-bond acceptors (Lipinski definition) is 4. The van der Waals surface area contributed by atoms with Crippen LogP contribution in [0.5, 0.6) is 11.5 Å². The molecule has 5 rings (SSSR count). The smallest absolute Gasteiger partial charge is 0.139 e. The molecule has 0 amide bonds. The van der Waals surface area contributed by atoms with E-state index < -0.39 is 0 Å². The van der Waals surface area contributed by atoms with E-state index in [0.717, 1.165) is 75.0 Å². The Morgan fingerprint density at radius 3 is 2.66 bits per heavy atom. The summed E-state index contributed by atoms with van der Waals surface area (Å²) >= 11 is 5.16. The number of aromatic hydroxyl groups is 1. The number of fused-ring (bicyclic) bond motifs is 5. The van der Waals surface area contributed by atoms with Crippen molar-refractivity contribution in [3.05, 3.63) is 59.2 Å². The maximum atomic E-state index is 13.1. The lowest BCUT2D eigenvalue weighted by Gasteiger charge is -2.52. The standard InChI is InChI=1S/C31H38O3S/c1-20(35)6-4-3-5-17-34-24-11-7-21(8-12-24)27-19-31(2)28(15-16-29(31)33)26-13-9-22-18-23(32)10-14-25(22)30(26)27/h7-8,10-12,14,18,26-28,30,32H,3-6,9,13,15-17,19H2,1-2H3/t26-,27+,28-,30+,31-/m0/s1. The van der Waals surface area contributed by atoms with E-state index in [-0.39, 0.29) is 5.41 Å². The van der Waals surface area contributed by atoms with Gasteiger partial charge in [-0.25, -0.2) is 0 Å². The Hall–Kier alpha value is -2.20. The van der Waals surface area contributed by atoms with Crippen molar-refractivity contribution in [1.29, 1.82) is 0 Å². The van der Waals surface area contributed by atoms with Gasteiger partial charge in [0.15, 0.2) is 0 Å². The van der Waals surface area contributed by atoms with Gasteiger partial charge in [-0.2, -0.15) is 0 Å². The molecule has 2 aromatic carbocycles. The number of unbranched alkanes of at least 4 members (excludes halogenated alkanes) is 2. The van der Waals surface area contributed by atoms with Crippen molar-refractivity contribution in [2.45, 2.75) is 83.5 Å².